The maximum atomic E-state index is 11.3. The first-order valence-electron chi connectivity index (χ1n) is 28.6. The molecule has 0 unspecified atom stereocenters. The molecule has 0 radical (unpaired) electrons. The maximum Gasteiger partial charge on any atom is 0.394 e. The Labute approximate surface area is 559 Å². The zero-order valence-corrected chi connectivity index (χ0v) is 62.5. The number of β-amino-alcohol motifs (C(OH)–C–C–N with tert-alkyl or cyclic N) is 2. The van der Waals surface area contributed by atoms with Gasteiger partial charge in [0.1, 0.15) is 46.8 Å². The Kier molecular flexibility index (Phi) is 35.4. The second kappa shape index (κ2) is 36.1. The van der Waals surface area contributed by atoms with E-state index in [2.05, 4.69) is 26.5 Å². The quantitative estimate of drug-likeness (QED) is 0.0603. The van der Waals surface area contributed by atoms with Gasteiger partial charge in [0.05, 0.1) is 74.2 Å². The Morgan fingerprint density at radius 3 is 0.894 bits per heavy atom. The topological polar surface area (TPSA) is 460 Å². The summed E-state index contributed by atoms with van der Waals surface area (Å²) >= 11 is 0. The number of epoxide rings is 2. The average molecular weight is 1500 g/mol. The lowest BCUT2D eigenvalue weighted by molar-refractivity contribution is -0.124. The smallest absolute Gasteiger partial charge is 0.390 e. The highest BCUT2D eigenvalue weighted by atomic mass is 32.3. The normalized spacial score (nSPS) is 32.6. The number of aliphatic hydroxyl groups excluding tert-OH is 2. The number of aliphatic hydroxyl groups is 4. The van der Waals surface area contributed by atoms with Crippen LogP contribution >= 0.6 is 0 Å². The van der Waals surface area contributed by atoms with Crippen LogP contribution in [0.4, 0.5) is 0 Å². The molecule has 41 heteroatoms. The van der Waals surface area contributed by atoms with Gasteiger partial charge < -0.3 is 58.3 Å². The van der Waals surface area contributed by atoms with Crippen molar-refractivity contribution in [3.63, 3.8) is 0 Å². The molecule has 8 rings (SSSR count). The predicted molar refractivity (Wildman–Crippen MR) is 352 cm³/mol. The third-order valence-corrected chi connectivity index (χ3v) is 24.0. The molecule has 8 fully saturated rings. The van der Waals surface area contributed by atoms with Crippen LogP contribution in [0.1, 0.15) is 62.8 Å². The minimum Gasteiger partial charge on any atom is -0.390 e. The Balaban J connectivity index is 0.00000107. The van der Waals surface area contributed by atoms with E-state index < -0.39 is 106 Å². The third kappa shape index (κ3) is 26.5. The molecule has 14 atom stereocenters. The second-order valence-corrected chi connectivity index (χ2v) is 36.6. The van der Waals surface area contributed by atoms with E-state index in [4.69, 9.17) is 55.4 Å². The van der Waals surface area contributed by atoms with Crippen molar-refractivity contribution in [2.24, 2.45) is 0 Å². The van der Waals surface area contributed by atoms with E-state index in [1.165, 1.54) is 75.9 Å². The summed E-state index contributed by atoms with van der Waals surface area (Å²) in [5.41, 5.74) is -0.577. The van der Waals surface area contributed by atoms with Gasteiger partial charge in [-0.1, -0.05) is 31.7 Å². The van der Waals surface area contributed by atoms with Crippen LogP contribution in [-0.2, 0) is 108 Å². The van der Waals surface area contributed by atoms with Crippen LogP contribution in [0.25, 0.3) is 0 Å². The van der Waals surface area contributed by atoms with E-state index in [0.29, 0.717) is 52.4 Å². The van der Waals surface area contributed by atoms with Gasteiger partial charge in [-0.15, -0.1) is 0 Å². The SMILES string of the molecule is C.C/C=C1\CN(S(C)(=O)=O)C[C@@H]1OC.C=C1CN(S(C)(=O)=O)C[C@@H]1OC.CC=C(C)C.CO[C@H]1CN(S(C)(=O)=O)C[C@@]1(O)[C@@H](C)O.CO[C@H]1CN(S(C)(=O)=O)C[C@@]12O[C@@H]2C.CO[C@H]1CN(S(C)(=O)=O)C[C@]1(O)[C@H](C)O.CO[C@H]1CN(S(C)(=O)=O)C[C@]12O[C@H]2C.O=S(=O)(O)O. The Hall–Kier alpha value is -1.93. The van der Waals surface area contributed by atoms with Gasteiger partial charge in [0.25, 0.3) is 0 Å². The first kappa shape index (κ1) is 92.1. The van der Waals surface area contributed by atoms with Crippen molar-refractivity contribution in [3.05, 3.63) is 35.5 Å². The van der Waals surface area contributed by atoms with E-state index in [-0.39, 0.29) is 81.4 Å². The second-order valence-electron chi connectivity index (χ2n) is 23.8. The van der Waals surface area contributed by atoms with Crippen molar-refractivity contribution < 1.29 is 126 Å². The number of hydrogen-bond acceptors (Lipinski definition) is 26. The highest BCUT2D eigenvalue weighted by Gasteiger charge is 2.66. The first-order chi connectivity index (χ1) is 41.9. The molecule has 8 aliphatic heterocycles. The molecule has 0 aromatic heterocycles. The lowest BCUT2D eigenvalue weighted by Gasteiger charge is -2.30. The van der Waals surface area contributed by atoms with Crippen LogP contribution in [-0.4, -0.2) is 356 Å². The first-order valence-corrected chi connectivity index (χ1v) is 41.1. The fourth-order valence-electron chi connectivity index (χ4n) is 10.3. The van der Waals surface area contributed by atoms with Crippen molar-refractivity contribution in [3.8, 4) is 0 Å². The van der Waals surface area contributed by atoms with Gasteiger partial charge in [-0.2, -0.15) is 34.2 Å². The van der Waals surface area contributed by atoms with E-state index >= 15 is 0 Å². The molecule has 6 N–H and O–H groups in total. The van der Waals surface area contributed by atoms with Gasteiger partial charge in [0.15, 0.2) is 0 Å². The van der Waals surface area contributed by atoms with Crippen molar-refractivity contribution >= 4 is 70.5 Å². The summed E-state index contributed by atoms with van der Waals surface area (Å²) in [5, 5.41) is 39.1. The number of sulfonamides is 6. The predicted octanol–water partition coefficient (Wildman–Crippen LogP) is -2.34. The lowest BCUT2D eigenvalue weighted by atomic mass is 9.94. The van der Waals surface area contributed by atoms with Gasteiger partial charge in [0.2, 0.25) is 60.1 Å². The van der Waals surface area contributed by atoms with Crippen LogP contribution in [0.2, 0.25) is 0 Å². The molecule has 0 bridgehead atoms. The number of nitrogens with zero attached hydrogens (tertiary/aromatic N) is 6. The van der Waals surface area contributed by atoms with E-state index in [9.17, 15) is 70.9 Å². The molecule has 94 heavy (non-hydrogen) atoms. The number of methoxy groups -OCH3 is 6. The van der Waals surface area contributed by atoms with Crippen LogP contribution in [0.3, 0.4) is 0 Å². The molecule has 0 aromatic rings. The van der Waals surface area contributed by atoms with Crippen LogP contribution in [0, 0.1) is 0 Å². The Morgan fingerprint density at radius 2 is 0.734 bits per heavy atom. The van der Waals surface area contributed by atoms with Crippen LogP contribution in [0.5, 0.6) is 0 Å². The summed E-state index contributed by atoms with van der Waals surface area (Å²) in [6.07, 6.45) is 7.19. The molecule has 8 saturated heterocycles. The zero-order valence-electron chi connectivity index (χ0n) is 56.8. The monoisotopic (exact) mass is 1500 g/mol. The van der Waals surface area contributed by atoms with Gasteiger partial charge in [0, 0.05) is 121 Å². The van der Waals surface area contributed by atoms with E-state index in [1.807, 2.05) is 33.8 Å². The number of hydrogen-bond donors (Lipinski definition) is 6. The van der Waals surface area contributed by atoms with Gasteiger partial charge in [-0.25, -0.2) is 50.5 Å². The summed E-state index contributed by atoms with van der Waals surface area (Å²) in [5.74, 6) is 0. The minimum atomic E-state index is -4.67. The van der Waals surface area contributed by atoms with Crippen molar-refractivity contribution in [1.82, 2.24) is 25.8 Å². The van der Waals surface area contributed by atoms with Crippen LogP contribution in [0.15, 0.2) is 35.5 Å². The summed E-state index contributed by atoms with van der Waals surface area (Å²) in [4.78, 5) is 0. The van der Waals surface area contributed by atoms with E-state index in [0.717, 1.165) is 32.3 Å². The van der Waals surface area contributed by atoms with Gasteiger partial charge in [-0.3, -0.25) is 9.11 Å². The largest absolute Gasteiger partial charge is 0.394 e. The Bertz CT molecular complexity index is 3200. The fraction of sp³-hybridized carbons (Fsp3) is 0.887. The molecule has 8 aliphatic rings. The summed E-state index contributed by atoms with van der Waals surface area (Å²) in [6.45, 7) is 21.7. The molecule has 2 spiro atoms. The molecule has 8 heterocycles. The molecular weight excluding hydrogens is 1390 g/mol. The summed E-state index contributed by atoms with van der Waals surface area (Å²) in [6, 6.07) is 0. The number of rotatable bonds is 14. The van der Waals surface area contributed by atoms with E-state index in [1.54, 1.807) is 28.4 Å². The van der Waals surface area contributed by atoms with Crippen molar-refractivity contribution in [2.45, 2.75) is 146 Å². The molecule has 0 saturated carbocycles. The van der Waals surface area contributed by atoms with Crippen LogP contribution < -0.4 is 0 Å². The number of ether oxygens (including phenoxy) is 8. The highest BCUT2D eigenvalue weighted by molar-refractivity contribution is 7.89. The Morgan fingerprint density at radius 1 is 0.489 bits per heavy atom. The molecule has 0 aromatic carbocycles. The zero-order chi connectivity index (χ0) is 73.0. The van der Waals surface area contributed by atoms with Gasteiger partial charge in [-0.05, 0) is 66.5 Å². The standard InChI is InChI=1S/2C8H17NO5S.2C8H15NO4S.C8H15NO3S.C7H13NO3S.C5H10.CH4.H2O4S/c2*1-6(10)8(11)5-9(15(3,12)13)4-7(8)14-2;2*1-6-8(13-6)5-9(14(3,10)11)4-7(8)12-2;1-4-7-5-9(13(3,10)11)6-8(7)12-2;1-6-4-8(12(3,9)10)5-7(6)11-2;1-4-5(2)3;;1-5(2,3)4/h2*6-7,10-11H,4-5H2,1-3H3;2*6-7H,4-5H2,1-3H3;4,8H,5-6H2,1-3H3;7H,1,4-5H2,2-3H3;4H,1-3H3;1H4;(H2,1,2,3,4)/b;;;;7-4+;;;;/t6-,7+,8-;6-,7-,8-;6-,7+,8+;6-,7-,8+;8-;7-;;;/m101000.../s1. The third-order valence-electron chi connectivity index (χ3n) is 16.7. The fourth-order valence-corrected chi connectivity index (χ4v) is 15.3. The molecule has 0 aliphatic carbocycles. The molecule has 560 valence electrons. The minimum absolute atomic E-state index is 0. The molecule has 0 amide bonds. The highest BCUT2D eigenvalue weighted by Crippen LogP contribution is 2.47. The van der Waals surface area contributed by atoms with Gasteiger partial charge >= 0.3 is 10.4 Å². The summed E-state index contributed by atoms with van der Waals surface area (Å²) in [7, 11) is -14.7. The molecular formula is C53H108N6O28S7. The lowest BCUT2D eigenvalue weighted by Crippen LogP contribution is -2.51. The molecule has 34 nitrogen and oxygen atoms in total. The van der Waals surface area contributed by atoms with Crippen molar-refractivity contribution in [2.75, 3.05) is 159 Å². The maximum absolute atomic E-state index is 11.3. The summed E-state index contributed by atoms with van der Waals surface area (Å²) < 4.78 is 216. The van der Waals surface area contributed by atoms with Crippen molar-refractivity contribution in [1.29, 1.82) is 0 Å². The average Bonchev–Trinajstić information content (AvgIpc) is 1.57. The number of allylic oxidation sites excluding steroid dienone is 3.